The Morgan fingerprint density at radius 2 is 2.00 bits per heavy atom. The van der Waals surface area contributed by atoms with Gasteiger partial charge in [-0.2, -0.15) is 0 Å². The van der Waals surface area contributed by atoms with Crippen molar-refractivity contribution in [2.75, 3.05) is 29.9 Å². The Labute approximate surface area is 126 Å². The lowest BCUT2D eigenvalue weighted by Gasteiger charge is -2.34. The molecule has 1 fully saturated rings. The van der Waals surface area contributed by atoms with Crippen LogP contribution in [0.3, 0.4) is 0 Å². The van der Waals surface area contributed by atoms with Crippen molar-refractivity contribution in [3.05, 3.63) is 23.8 Å². The third-order valence-electron chi connectivity index (χ3n) is 4.91. The molecule has 21 heavy (non-hydrogen) atoms. The van der Waals surface area contributed by atoms with Gasteiger partial charge in [0.1, 0.15) is 0 Å². The summed E-state index contributed by atoms with van der Waals surface area (Å²) < 4.78 is 0. The van der Waals surface area contributed by atoms with Crippen molar-refractivity contribution in [1.29, 1.82) is 0 Å². The largest absolute Gasteiger partial charge is 0.378 e. The molecule has 1 saturated heterocycles. The number of benzene rings is 1. The molecule has 0 bridgehead atoms. The number of carbonyl (C=O) groups is 1. The average Bonchev–Trinajstić information content (AvgIpc) is 2.73. The SMILES string of the molecule is CCCC1CCN(c2ccc3c(c2)N(C)C(=O)C3O)CC1. The van der Waals surface area contributed by atoms with Crippen LogP contribution in [0.4, 0.5) is 11.4 Å². The van der Waals surface area contributed by atoms with Gasteiger partial charge in [0.15, 0.2) is 6.10 Å². The van der Waals surface area contributed by atoms with Gasteiger partial charge in [0, 0.05) is 31.4 Å². The van der Waals surface area contributed by atoms with Crippen LogP contribution >= 0.6 is 0 Å². The Kier molecular flexibility index (Phi) is 3.89. The van der Waals surface area contributed by atoms with Crippen LogP contribution in [0, 0.1) is 5.92 Å². The van der Waals surface area contributed by atoms with Gasteiger partial charge in [0.25, 0.3) is 5.91 Å². The Morgan fingerprint density at radius 1 is 1.29 bits per heavy atom. The van der Waals surface area contributed by atoms with Gasteiger partial charge in [-0.15, -0.1) is 0 Å². The van der Waals surface area contributed by atoms with E-state index in [0.29, 0.717) is 0 Å². The standard InChI is InChI=1S/C17H24N2O2/c1-3-4-12-7-9-19(10-8-12)13-5-6-14-15(11-13)18(2)17(21)16(14)20/h5-6,11-12,16,20H,3-4,7-10H2,1-2H3. The van der Waals surface area contributed by atoms with E-state index in [0.717, 1.165) is 35.9 Å². The van der Waals surface area contributed by atoms with Crippen molar-refractivity contribution in [1.82, 2.24) is 0 Å². The summed E-state index contributed by atoms with van der Waals surface area (Å²) in [6, 6.07) is 5.98. The first kappa shape index (κ1) is 14.4. The van der Waals surface area contributed by atoms with E-state index >= 15 is 0 Å². The molecule has 0 spiro atoms. The highest BCUT2D eigenvalue weighted by molar-refractivity contribution is 6.03. The van der Waals surface area contributed by atoms with Crippen LogP contribution in [0.1, 0.15) is 44.3 Å². The van der Waals surface area contributed by atoms with E-state index in [9.17, 15) is 9.90 Å². The number of aliphatic hydroxyl groups excluding tert-OH is 1. The zero-order chi connectivity index (χ0) is 15.0. The number of hydrogen-bond acceptors (Lipinski definition) is 3. The van der Waals surface area contributed by atoms with E-state index in [1.165, 1.54) is 25.7 Å². The van der Waals surface area contributed by atoms with Crippen molar-refractivity contribution in [3.63, 3.8) is 0 Å². The Morgan fingerprint density at radius 3 is 2.67 bits per heavy atom. The molecule has 4 heteroatoms. The summed E-state index contributed by atoms with van der Waals surface area (Å²) in [5.74, 6) is 0.635. The zero-order valence-electron chi connectivity index (χ0n) is 12.9. The lowest BCUT2D eigenvalue weighted by molar-refractivity contribution is -0.125. The van der Waals surface area contributed by atoms with Crippen molar-refractivity contribution in [2.45, 2.75) is 38.7 Å². The second-order valence-electron chi connectivity index (χ2n) is 6.26. The lowest BCUT2D eigenvalue weighted by atomic mass is 9.92. The molecular weight excluding hydrogens is 264 g/mol. The van der Waals surface area contributed by atoms with Gasteiger partial charge >= 0.3 is 0 Å². The van der Waals surface area contributed by atoms with Crippen LogP contribution < -0.4 is 9.80 Å². The second kappa shape index (κ2) is 5.68. The molecular formula is C17H24N2O2. The molecule has 1 aromatic rings. The summed E-state index contributed by atoms with van der Waals surface area (Å²) in [4.78, 5) is 15.8. The second-order valence-corrected chi connectivity index (χ2v) is 6.26. The summed E-state index contributed by atoms with van der Waals surface area (Å²) >= 11 is 0. The number of aliphatic hydroxyl groups is 1. The number of amides is 1. The Hall–Kier alpha value is -1.55. The highest BCUT2D eigenvalue weighted by Crippen LogP contribution is 2.38. The van der Waals surface area contributed by atoms with Crippen molar-refractivity contribution >= 4 is 17.3 Å². The van der Waals surface area contributed by atoms with Gasteiger partial charge in [-0.3, -0.25) is 4.79 Å². The number of nitrogens with zero attached hydrogens (tertiary/aromatic N) is 2. The van der Waals surface area contributed by atoms with Gasteiger partial charge in [-0.25, -0.2) is 0 Å². The summed E-state index contributed by atoms with van der Waals surface area (Å²) in [6.07, 6.45) is 4.12. The molecule has 4 nitrogen and oxygen atoms in total. The zero-order valence-corrected chi connectivity index (χ0v) is 12.9. The number of likely N-dealkylation sites (N-methyl/N-ethyl adjacent to an activating group) is 1. The number of carbonyl (C=O) groups excluding carboxylic acids is 1. The van der Waals surface area contributed by atoms with E-state index in [-0.39, 0.29) is 5.91 Å². The van der Waals surface area contributed by atoms with Crippen LogP contribution in [0.2, 0.25) is 0 Å². The number of piperidine rings is 1. The molecule has 0 aliphatic carbocycles. The maximum Gasteiger partial charge on any atom is 0.260 e. The Bertz CT molecular complexity index is 536. The smallest absolute Gasteiger partial charge is 0.260 e. The van der Waals surface area contributed by atoms with Gasteiger partial charge in [-0.05, 0) is 30.9 Å². The minimum absolute atomic E-state index is 0.233. The van der Waals surface area contributed by atoms with E-state index in [1.54, 1.807) is 11.9 Å². The molecule has 114 valence electrons. The fraction of sp³-hybridized carbons (Fsp3) is 0.588. The molecule has 2 heterocycles. The molecule has 0 saturated carbocycles. The first-order valence-electron chi connectivity index (χ1n) is 7.96. The van der Waals surface area contributed by atoms with Gasteiger partial charge in [0.2, 0.25) is 0 Å². The van der Waals surface area contributed by atoms with E-state index in [2.05, 4.69) is 11.8 Å². The Balaban J connectivity index is 1.76. The van der Waals surface area contributed by atoms with Crippen LogP contribution in [0.25, 0.3) is 0 Å². The molecule has 1 N–H and O–H groups in total. The van der Waals surface area contributed by atoms with Gasteiger partial charge < -0.3 is 14.9 Å². The third kappa shape index (κ3) is 2.53. The number of anilines is 2. The topological polar surface area (TPSA) is 43.8 Å². The average molecular weight is 288 g/mol. The minimum Gasteiger partial charge on any atom is -0.378 e. The lowest BCUT2D eigenvalue weighted by Crippen LogP contribution is -2.33. The molecule has 2 aliphatic heterocycles. The first-order valence-corrected chi connectivity index (χ1v) is 7.96. The van der Waals surface area contributed by atoms with Crippen LogP contribution in [0.5, 0.6) is 0 Å². The third-order valence-corrected chi connectivity index (χ3v) is 4.91. The quantitative estimate of drug-likeness (QED) is 0.930. The maximum atomic E-state index is 11.8. The normalized spacial score (nSPS) is 22.8. The fourth-order valence-electron chi connectivity index (χ4n) is 3.57. The van der Waals surface area contributed by atoms with Crippen LogP contribution in [-0.4, -0.2) is 31.2 Å². The van der Waals surface area contributed by atoms with Gasteiger partial charge in [0.05, 0.1) is 5.69 Å². The molecule has 1 atom stereocenters. The molecule has 1 unspecified atom stereocenters. The number of rotatable bonds is 3. The van der Waals surface area contributed by atoms with E-state index < -0.39 is 6.10 Å². The predicted molar refractivity (Wildman–Crippen MR) is 84.7 cm³/mol. The van der Waals surface area contributed by atoms with Crippen molar-refractivity contribution < 1.29 is 9.90 Å². The minimum atomic E-state index is -0.991. The predicted octanol–water partition coefficient (Wildman–Crippen LogP) is 2.71. The fourth-order valence-corrected chi connectivity index (χ4v) is 3.57. The van der Waals surface area contributed by atoms with Crippen LogP contribution in [-0.2, 0) is 4.79 Å². The van der Waals surface area contributed by atoms with Crippen molar-refractivity contribution in [2.24, 2.45) is 5.92 Å². The monoisotopic (exact) mass is 288 g/mol. The van der Waals surface area contributed by atoms with Gasteiger partial charge in [-0.1, -0.05) is 25.8 Å². The molecule has 1 amide bonds. The van der Waals surface area contributed by atoms with E-state index in [4.69, 9.17) is 0 Å². The number of hydrogen-bond donors (Lipinski definition) is 1. The maximum absolute atomic E-state index is 11.8. The molecule has 3 rings (SSSR count). The summed E-state index contributed by atoms with van der Waals surface area (Å²) in [5, 5.41) is 9.91. The molecule has 2 aliphatic rings. The highest BCUT2D eigenvalue weighted by Gasteiger charge is 2.34. The highest BCUT2D eigenvalue weighted by atomic mass is 16.3. The summed E-state index contributed by atoms with van der Waals surface area (Å²) in [6.45, 7) is 4.43. The van der Waals surface area contributed by atoms with E-state index in [1.807, 2.05) is 18.2 Å². The summed E-state index contributed by atoms with van der Waals surface area (Å²) in [5.41, 5.74) is 2.74. The van der Waals surface area contributed by atoms with Crippen molar-refractivity contribution in [3.8, 4) is 0 Å². The molecule has 0 aromatic heterocycles. The summed E-state index contributed by atoms with van der Waals surface area (Å²) in [7, 11) is 1.73. The first-order chi connectivity index (χ1) is 10.1. The molecule has 0 radical (unpaired) electrons. The molecule has 1 aromatic carbocycles. The number of fused-ring (bicyclic) bond motifs is 1. The van der Waals surface area contributed by atoms with Crippen LogP contribution in [0.15, 0.2) is 18.2 Å².